The number of piperidine rings is 1. The topological polar surface area (TPSA) is 28.2 Å². The molecule has 0 radical (unpaired) electrons. The van der Waals surface area contributed by atoms with Crippen molar-refractivity contribution < 1.29 is 0 Å². The second kappa shape index (κ2) is 5.68. The molecule has 3 nitrogen and oxygen atoms in total. The highest BCUT2D eigenvalue weighted by molar-refractivity contribution is 7.09. The first-order valence-corrected chi connectivity index (χ1v) is 8.11. The summed E-state index contributed by atoms with van der Waals surface area (Å²) >= 11 is 1.79. The van der Waals surface area contributed by atoms with Gasteiger partial charge in [-0.3, -0.25) is 4.90 Å². The zero-order chi connectivity index (χ0) is 12.4. The quantitative estimate of drug-likeness (QED) is 0.887. The fourth-order valence-corrected chi connectivity index (χ4v) is 3.66. The Morgan fingerprint density at radius 3 is 2.94 bits per heavy atom. The molecule has 1 aliphatic carbocycles. The van der Waals surface area contributed by atoms with Crippen molar-refractivity contribution in [3.8, 4) is 0 Å². The molecule has 2 heterocycles. The van der Waals surface area contributed by atoms with E-state index in [1.54, 1.807) is 11.3 Å². The zero-order valence-electron chi connectivity index (χ0n) is 11.1. The number of hydrogen-bond donors (Lipinski definition) is 1. The zero-order valence-corrected chi connectivity index (χ0v) is 12.0. The summed E-state index contributed by atoms with van der Waals surface area (Å²) in [6.45, 7) is 4.72. The maximum atomic E-state index is 4.50. The van der Waals surface area contributed by atoms with E-state index in [0.29, 0.717) is 12.1 Å². The van der Waals surface area contributed by atoms with Gasteiger partial charge in [-0.15, -0.1) is 11.3 Å². The van der Waals surface area contributed by atoms with Gasteiger partial charge in [0.25, 0.3) is 0 Å². The van der Waals surface area contributed by atoms with Gasteiger partial charge in [-0.05, 0) is 39.2 Å². The van der Waals surface area contributed by atoms with Crippen LogP contribution in [0.4, 0.5) is 0 Å². The molecule has 4 heteroatoms. The summed E-state index contributed by atoms with van der Waals surface area (Å²) in [6.07, 6.45) is 8.77. The van der Waals surface area contributed by atoms with E-state index in [2.05, 4.69) is 27.5 Å². The van der Waals surface area contributed by atoms with Crippen molar-refractivity contribution in [3.05, 3.63) is 16.6 Å². The van der Waals surface area contributed by atoms with Crippen molar-refractivity contribution in [1.82, 2.24) is 15.2 Å². The molecule has 18 heavy (non-hydrogen) atoms. The number of thiazole rings is 1. The molecule has 1 aromatic rings. The fourth-order valence-electron chi connectivity index (χ4n) is 2.95. The van der Waals surface area contributed by atoms with Crippen LogP contribution in [-0.4, -0.2) is 35.1 Å². The van der Waals surface area contributed by atoms with Crippen LogP contribution in [-0.2, 0) is 0 Å². The highest BCUT2D eigenvalue weighted by Crippen LogP contribution is 2.35. The standard InChI is InChI=1S/C14H23N3S/c1-11(14-16-8-9-18-14)17(13-5-6-13)10-12-4-2-3-7-15-12/h8-9,11-13,15H,2-7,10H2,1H3. The third-order valence-corrected chi connectivity index (χ3v) is 5.11. The number of hydrogen-bond acceptors (Lipinski definition) is 4. The van der Waals surface area contributed by atoms with Crippen molar-refractivity contribution in [2.75, 3.05) is 13.1 Å². The normalized spacial score (nSPS) is 26.4. The van der Waals surface area contributed by atoms with Gasteiger partial charge in [-0.25, -0.2) is 4.98 Å². The SMILES string of the molecule is CC(c1nccs1)N(CC1CCCCN1)C1CC1. The Hall–Kier alpha value is -0.450. The average molecular weight is 265 g/mol. The summed E-state index contributed by atoms with van der Waals surface area (Å²) in [7, 11) is 0. The number of nitrogens with one attached hydrogen (secondary N) is 1. The first kappa shape index (κ1) is 12.6. The van der Waals surface area contributed by atoms with Gasteiger partial charge in [0.05, 0.1) is 6.04 Å². The van der Waals surface area contributed by atoms with Crippen LogP contribution in [0.2, 0.25) is 0 Å². The molecule has 2 aliphatic rings. The average Bonchev–Trinajstić information content (AvgIpc) is 3.10. The smallest absolute Gasteiger partial charge is 0.109 e. The minimum Gasteiger partial charge on any atom is -0.313 e. The molecule has 2 fully saturated rings. The molecule has 3 rings (SSSR count). The first-order valence-electron chi connectivity index (χ1n) is 7.23. The largest absolute Gasteiger partial charge is 0.313 e. The molecule has 0 amide bonds. The Bertz CT molecular complexity index is 355. The lowest BCUT2D eigenvalue weighted by Gasteiger charge is -2.33. The Morgan fingerprint density at radius 1 is 1.44 bits per heavy atom. The second-order valence-electron chi connectivity index (χ2n) is 5.62. The van der Waals surface area contributed by atoms with E-state index >= 15 is 0 Å². The third-order valence-electron chi connectivity index (χ3n) is 4.17. The van der Waals surface area contributed by atoms with E-state index in [1.165, 1.54) is 50.2 Å². The summed E-state index contributed by atoms with van der Waals surface area (Å²) < 4.78 is 0. The minimum atomic E-state index is 0.487. The van der Waals surface area contributed by atoms with Crippen LogP contribution in [0.3, 0.4) is 0 Å². The van der Waals surface area contributed by atoms with Crippen molar-refractivity contribution in [1.29, 1.82) is 0 Å². The third kappa shape index (κ3) is 2.92. The van der Waals surface area contributed by atoms with Crippen LogP contribution in [0.25, 0.3) is 0 Å². The van der Waals surface area contributed by atoms with Crippen LogP contribution in [0.1, 0.15) is 50.1 Å². The van der Waals surface area contributed by atoms with Crippen LogP contribution < -0.4 is 5.32 Å². The van der Waals surface area contributed by atoms with Gasteiger partial charge in [0.2, 0.25) is 0 Å². The first-order chi connectivity index (χ1) is 8.84. The molecule has 2 unspecified atom stereocenters. The summed E-state index contributed by atoms with van der Waals surface area (Å²) in [6, 6.07) is 2.00. The second-order valence-corrected chi connectivity index (χ2v) is 6.55. The Balaban J connectivity index is 1.64. The lowest BCUT2D eigenvalue weighted by molar-refractivity contribution is 0.166. The lowest BCUT2D eigenvalue weighted by atomic mass is 10.0. The van der Waals surface area contributed by atoms with Crippen molar-refractivity contribution in [2.24, 2.45) is 0 Å². The Morgan fingerprint density at radius 2 is 2.33 bits per heavy atom. The van der Waals surface area contributed by atoms with Gasteiger partial charge in [-0.1, -0.05) is 6.42 Å². The number of aromatic nitrogens is 1. The predicted octanol–water partition coefficient (Wildman–Crippen LogP) is 2.81. The molecule has 0 aromatic carbocycles. The van der Waals surface area contributed by atoms with Gasteiger partial charge in [0.1, 0.15) is 5.01 Å². The van der Waals surface area contributed by atoms with Gasteiger partial charge in [0.15, 0.2) is 0 Å². The van der Waals surface area contributed by atoms with E-state index in [9.17, 15) is 0 Å². The van der Waals surface area contributed by atoms with Crippen LogP contribution in [0.5, 0.6) is 0 Å². The van der Waals surface area contributed by atoms with Crippen molar-refractivity contribution in [2.45, 2.75) is 57.2 Å². The van der Waals surface area contributed by atoms with Gasteiger partial charge >= 0.3 is 0 Å². The minimum absolute atomic E-state index is 0.487. The van der Waals surface area contributed by atoms with Gasteiger partial charge < -0.3 is 5.32 Å². The maximum Gasteiger partial charge on any atom is 0.109 e. The van der Waals surface area contributed by atoms with Crippen LogP contribution >= 0.6 is 11.3 Å². The molecule has 1 N–H and O–H groups in total. The van der Waals surface area contributed by atoms with Crippen molar-refractivity contribution in [3.63, 3.8) is 0 Å². The highest BCUT2D eigenvalue weighted by Gasteiger charge is 2.35. The van der Waals surface area contributed by atoms with Crippen LogP contribution in [0.15, 0.2) is 11.6 Å². The molecule has 1 saturated carbocycles. The molecule has 0 bridgehead atoms. The van der Waals surface area contributed by atoms with E-state index in [-0.39, 0.29) is 0 Å². The lowest BCUT2D eigenvalue weighted by Crippen LogP contribution is -2.45. The van der Waals surface area contributed by atoms with E-state index in [1.807, 2.05) is 6.20 Å². The van der Waals surface area contributed by atoms with E-state index < -0.39 is 0 Å². The number of rotatable bonds is 5. The Labute approximate surface area is 114 Å². The molecule has 1 aromatic heterocycles. The molecule has 1 saturated heterocycles. The maximum absolute atomic E-state index is 4.50. The summed E-state index contributed by atoms with van der Waals surface area (Å²) in [5.41, 5.74) is 0. The molecule has 100 valence electrons. The molecule has 2 atom stereocenters. The monoisotopic (exact) mass is 265 g/mol. The van der Waals surface area contributed by atoms with Gasteiger partial charge in [0, 0.05) is 30.2 Å². The van der Waals surface area contributed by atoms with Crippen LogP contribution in [0, 0.1) is 0 Å². The van der Waals surface area contributed by atoms with E-state index in [0.717, 1.165) is 6.04 Å². The molecule has 1 aliphatic heterocycles. The molecular weight excluding hydrogens is 242 g/mol. The fraction of sp³-hybridized carbons (Fsp3) is 0.786. The summed E-state index contributed by atoms with van der Waals surface area (Å²) in [4.78, 5) is 7.18. The highest BCUT2D eigenvalue weighted by atomic mass is 32.1. The van der Waals surface area contributed by atoms with Crippen molar-refractivity contribution >= 4 is 11.3 Å². The Kier molecular flexibility index (Phi) is 3.97. The predicted molar refractivity (Wildman–Crippen MR) is 75.9 cm³/mol. The summed E-state index contributed by atoms with van der Waals surface area (Å²) in [5, 5.41) is 7.04. The molecule has 0 spiro atoms. The van der Waals surface area contributed by atoms with E-state index in [4.69, 9.17) is 0 Å². The summed E-state index contributed by atoms with van der Waals surface area (Å²) in [5.74, 6) is 0. The number of nitrogens with zero attached hydrogens (tertiary/aromatic N) is 2. The van der Waals surface area contributed by atoms with Gasteiger partial charge in [-0.2, -0.15) is 0 Å². The molecular formula is C14H23N3S.